The van der Waals surface area contributed by atoms with E-state index in [9.17, 15) is 0 Å². The van der Waals surface area contributed by atoms with E-state index in [1.807, 2.05) is 0 Å². The van der Waals surface area contributed by atoms with Gasteiger partial charge < -0.3 is 9.47 Å². The summed E-state index contributed by atoms with van der Waals surface area (Å²) in [6.07, 6.45) is 6.73. The molecule has 0 N–H and O–H groups in total. The van der Waals surface area contributed by atoms with E-state index in [1.54, 1.807) is 0 Å². The van der Waals surface area contributed by atoms with Crippen molar-refractivity contribution in [3.05, 3.63) is 42.5 Å². The van der Waals surface area contributed by atoms with Crippen LogP contribution in [0.4, 0.5) is 0 Å². The van der Waals surface area contributed by atoms with Gasteiger partial charge in [-0.25, -0.2) is 0 Å². The Hall–Kier alpha value is -0.903. The first-order valence-corrected chi connectivity index (χ1v) is 10.6. The molecule has 0 radical (unpaired) electrons. The predicted octanol–water partition coefficient (Wildman–Crippen LogP) is 3.70. The second-order valence-corrected chi connectivity index (χ2v) is 10.7. The molecule has 1 fully saturated rings. The first-order chi connectivity index (χ1) is 9.64. The second kappa shape index (κ2) is 7.20. The molecular formula is C17H26O2Si. The summed E-state index contributed by atoms with van der Waals surface area (Å²) in [6, 6.07) is 11.0. The van der Waals surface area contributed by atoms with E-state index in [0.717, 1.165) is 26.1 Å². The molecule has 0 saturated carbocycles. The van der Waals surface area contributed by atoms with Crippen LogP contribution in [0.15, 0.2) is 42.5 Å². The van der Waals surface area contributed by atoms with Crippen LogP contribution in [0.5, 0.6) is 0 Å². The molecule has 0 aromatic heterocycles. The third kappa shape index (κ3) is 3.81. The number of allylic oxidation sites excluding steroid dienone is 2. The van der Waals surface area contributed by atoms with Crippen LogP contribution in [0.3, 0.4) is 0 Å². The van der Waals surface area contributed by atoms with Gasteiger partial charge in [-0.3, -0.25) is 0 Å². The molecular weight excluding hydrogens is 264 g/mol. The predicted molar refractivity (Wildman–Crippen MR) is 87.0 cm³/mol. The first kappa shape index (κ1) is 15.5. The Kier molecular flexibility index (Phi) is 5.58. The molecule has 1 saturated heterocycles. The molecule has 0 aliphatic carbocycles. The molecule has 1 atom stereocenters. The van der Waals surface area contributed by atoms with Gasteiger partial charge in [0, 0.05) is 0 Å². The molecule has 3 heteroatoms. The molecule has 1 aromatic carbocycles. The van der Waals surface area contributed by atoms with Crippen LogP contribution in [0.2, 0.25) is 18.6 Å². The summed E-state index contributed by atoms with van der Waals surface area (Å²) in [5.41, 5.74) is 0.628. The van der Waals surface area contributed by atoms with Crippen molar-refractivity contribution in [2.45, 2.75) is 44.7 Å². The standard InChI is InChI=1S/C17H26O2Si/c1-4-8-15(11-12-17-18-13-14-19-17)20(2,3)16-9-6-5-7-10-16/h4-10,15,17H,11-14H2,1-3H3/b8-4+/t15-/m0/s1. The molecule has 1 aliphatic rings. The maximum absolute atomic E-state index is 5.57. The molecule has 1 heterocycles. The Labute approximate surface area is 123 Å². The molecule has 0 bridgehead atoms. The summed E-state index contributed by atoms with van der Waals surface area (Å²) in [6.45, 7) is 8.54. The molecule has 1 aliphatic heterocycles. The maximum Gasteiger partial charge on any atom is 0.157 e. The normalized spacial score (nSPS) is 18.8. The van der Waals surface area contributed by atoms with Crippen molar-refractivity contribution >= 4 is 13.3 Å². The van der Waals surface area contributed by atoms with Crippen molar-refractivity contribution in [1.82, 2.24) is 0 Å². The monoisotopic (exact) mass is 290 g/mol. The van der Waals surface area contributed by atoms with E-state index in [-0.39, 0.29) is 6.29 Å². The average molecular weight is 290 g/mol. The third-order valence-corrected chi connectivity index (χ3v) is 8.43. The van der Waals surface area contributed by atoms with E-state index >= 15 is 0 Å². The minimum Gasteiger partial charge on any atom is -0.350 e. The van der Waals surface area contributed by atoms with Gasteiger partial charge in [0.25, 0.3) is 0 Å². The Morgan fingerprint density at radius 1 is 1.20 bits per heavy atom. The topological polar surface area (TPSA) is 18.5 Å². The van der Waals surface area contributed by atoms with Gasteiger partial charge in [0.2, 0.25) is 0 Å². The van der Waals surface area contributed by atoms with Gasteiger partial charge in [-0.15, -0.1) is 0 Å². The molecule has 0 unspecified atom stereocenters. The lowest BCUT2D eigenvalue weighted by molar-refractivity contribution is -0.0475. The highest BCUT2D eigenvalue weighted by Crippen LogP contribution is 2.30. The number of rotatable bonds is 6. The lowest BCUT2D eigenvalue weighted by Gasteiger charge is -2.31. The van der Waals surface area contributed by atoms with Gasteiger partial charge in [0.05, 0.1) is 21.3 Å². The summed E-state index contributed by atoms with van der Waals surface area (Å²) >= 11 is 0. The summed E-state index contributed by atoms with van der Waals surface area (Å²) in [5, 5.41) is 1.52. The maximum atomic E-state index is 5.57. The molecule has 2 rings (SSSR count). The van der Waals surface area contributed by atoms with Crippen LogP contribution in [0.1, 0.15) is 19.8 Å². The average Bonchev–Trinajstić information content (AvgIpc) is 2.97. The molecule has 110 valence electrons. The van der Waals surface area contributed by atoms with E-state index in [2.05, 4.69) is 62.5 Å². The lowest BCUT2D eigenvalue weighted by Crippen LogP contribution is -2.45. The van der Waals surface area contributed by atoms with Crippen LogP contribution >= 0.6 is 0 Å². The van der Waals surface area contributed by atoms with Crippen molar-refractivity contribution in [2.75, 3.05) is 13.2 Å². The summed E-state index contributed by atoms with van der Waals surface area (Å²) in [7, 11) is -1.50. The SMILES string of the molecule is C/C=C/[C@@H](CCC1OCCO1)[Si](C)(C)c1ccccc1. The van der Waals surface area contributed by atoms with Gasteiger partial charge in [-0.2, -0.15) is 0 Å². The number of hydrogen-bond acceptors (Lipinski definition) is 2. The number of benzene rings is 1. The van der Waals surface area contributed by atoms with Crippen molar-refractivity contribution < 1.29 is 9.47 Å². The molecule has 2 nitrogen and oxygen atoms in total. The zero-order valence-electron chi connectivity index (χ0n) is 12.8. The fourth-order valence-corrected chi connectivity index (χ4v) is 5.94. The molecule has 0 amide bonds. The van der Waals surface area contributed by atoms with Crippen LogP contribution in [0, 0.1) is 0 Å². The summed E-state index contributed by atoms with van der Waals surface area (Å²) in [5.74, 6) is 0. The Morgan fingerprint density at radius 3 is 2.45 bits per heavy atom. The molecule has 1 aromatic rings. The number of hydrogen-bond donors (Lipinski definition) is 0. The minimum absolute atomic E-state index is 0.0170. The summed E-state index contributed by atoms with van der Waals surface area (Å²) in [4.78, 5) is 0. The van der Waals surface area contributed by atoms with E-state index in [0.29, 0.717) is 5.54 Å². The minimum atomic E-state index is -1.50. The van der Waals surface area contributed by atoms with Crippen molar-refractivity contribution in [3.8, 4) is 0 Å². The third-order valence-electron chi connectivity index (χ3n) is 4.27. The highest BCUT2D eigenvalue weighted by Gasteiger charge is 2.32. The zero-order valence-corrected chi connectivity index (χ0v) is 13.8. The van der Waals surface area contributed by atoms with Crippen molar-refractivity contribution in [3.63, 3.8) is 0 Å². The van der Waals surface area contributed by atoms with Crippen molar-refractivity contribution in [2.24, 2.45) is 0 Å². The second-order valence-electron chi connectivity index (χ2n) is 5.97. The van der Waals surface area contributed by atoms with Gasteiger partial charge >= 0.3 is 0 Å². The fourth-order valence-electron chi connectivity index (χ4n) is 2.90. The Bertz CT molecular complexity index is 422. The molecule has 20 heavy (non-hydrogen) atoms. The van der Waals surface area contributed by atoms with Crippen molar-refractivity contribution in [1.29, 1.82) is 0 Å². The van der Waals surface area contributed by atoms with E-state index in [1.165, 1.54) is 5.19 Å². The van der Waals surface area contributed by atoms with Gasteiger partial charge in [-0.05, 0) is 25.3 Å². The van der Waals surface area contributed by atoms with Crippen LogP contribution in [0.25, 0.3) is 0 Å². The van der Waals surface area contributed by atoms with Crippen LogP contribution < -0.4 is 5.19 Å². The van der Waals surface area contributed by atoms with Gasteiger partial charge in [0.1, 0.15) is 0 Å². The quantitative estimate of drug-likeness (QED) is 0.587. The smallest absolute Gasteiger partial charge is 0.157 e. The Balaban J connectivity index is 2.06. The lowest BCUT2D eigenvalue weighted by atomic mass is 10.2. The highest BCUT2D eigenvalue weighted by atomic mass is 28.3. The van der Waals surface area contributed by atoms with Crippen LogP contribution in [-0.2, 0) is 9.47 Å². The van der Waals surface area contributed by atoms with Gasteiger partial charge in [0.15, 0.2) is 6.29 Å². The Morgan fingerprint density at radius 2 is 1.85 bits per heavy atom. The van der Waals surface area contributed by atoms with E-state index in [4.69, 9.17) is 9.47 Å². The number of ether oxygens (including phenoxy) is 2. The van der Waals surface area contributed by atoms with E-state index < -0.39 is 8.07 Å². The van der Waals surface area contributed by atoms with Crippen LogP contribution in [-0.4, -0.2) is 27.6 Å². The molecule has 0 spiro atoms. The largest absolute Gasteiger partial charge is 0.350 e. The first-order valence-electron chi connectivity index (χ1n) is 7.56. The highest BCUT2D eigenvalue weighted by molar-refractivity contribution is 6.91. The van der Waals surface area contributed by atoms with Gasteiger partial charge in [-0.1, -0.05) is 60.8 Å². The zero-order chi connectivity index (χ0) is 14.4. The summed E-state index contributed by atoms with van der Waals surface area (Å²) < 4.78 is 11.1. The fraction of sp³-hybridized carbons (Fsp3) is 0.529.